The molecule has 1 aliphatic rings. The maximum absolute atomic E-state index is 11.5. The van der Waals surface area contributed by atoms with Crippen LogP contribution in [0.25, 0.3) is 0 Å². The Balaban J connectivity index is 1.94. The maximum Gasteiger partial charge on any atom is 0.220 e. The summed E-state index contributed by atoms with van der Waals surface area (Å²) in [5, 5.41) is 6.06. The number of nitrogens with zero attached hydrogens (tertiary/aromatic N) is 1. The largest absolute Gasteiger partial charge is 0.356 e. The van der Waals surface area contributed by atoms with E-state index in [1.807, 2.05) is 7.05 Å². The lowest BCUT2D eigenvalue weighted by Crippen LogP contribution is -2.38. The summed E-state index contributed by atoms with van der Waals surface area (Å²) in [4.78, 5) is 14.1. The fourth-order valence-corrected chi connectivity index (χ4v) is 2.67. The molecule has 0 radical (unpaired) electrons. The summed E-state index contributed by atoms with van der Waals surface area (Å²) >= 11 is 0. The summed E-state index contributed by atoms with van der Waals surface area (Å²) in [6, 6.07) is 0.755. The van der Waals surface area contributed by atoms with E-state index < -0.39 is 0 Å². The summed E-state index contributed by atoms with van der Waals surface area (Å²) in [7, 11) is 1.92. The van der Waals surface area contributed by atoms with Crippen LogP contribution in [-0.4, -0.2) is 50.1 Å². The van der Waals surface area contributed by atoms with Crippen molar-refractivity contribution in [1.82, 2.24) is 15.5 Å². The number of hydrogen-bond acceptors (Lipinski definition) is 3. The van der Waals surface area contributed by atoms with Gasteiger partial charge >= 0.3 is 0 Å². The van der Waals surface area contributed by atoms with Gasteiger partial charge in [0.2, 0.25) is 5.91 Å². The monoisotopic (exact) mass is 269 g/mol. The second kappa shape index (κ2) is 10.2. The zero-order valence-corrected chi connectivity index (χ0v) is 12.7. The van der Waals surface area contributed by atoms with Gasteiger partial charge in [0.25, 0.3) is 0 Å². The van der Waals surface area contributed by atoms with Gasteiger partial charge in [0, 0.05) is 19.0 Å². The second-order valence-electron chi connectivity index (χ2n) is 5.64. The molecule has 1 unspecified atom stereocenters. The highest BCUT2D eigenvalue weighted by atomic mass is 16.1. The number of carbonyl (C=O) groups excluding carboxylic acids is 1. The Morgan fingerprint density at radius 2 is 2.05 bits per heavy atom. The zero-order chi connectivity index (χ0) is 13.9. The Bertz CT molecular complexity index is 246. The Morgan fingerprint density at radius 3 is 2.79 bits per heavy atom. The van der Waals surface area contributed by atoms with Crippen molar-refractivity contribution in [1.29, 1.82) is 0 Å². The van der Waals surface area contributed by atoms with Crippen molar-refractivity contribution >= 4 is 5.91 Å². The Hall–Kier alpha value is -0.610. The molecule has 4 nitrogen and oxygen atoms in total. The normalized spacial score (nSPS) is 20.4. The number of hydrogen-bond donors (Lipinski definition) is 2. The molecule has 1 heterocycles. The highest BCUT2D eigenvalue weighted by Gasteiger charge is 2.16. The predicted molar refractivity (Wildman–Crippen MR) is 80.3 cm³/mol. The highest BCUT2D eigenvalue weighted by Crippen LogP contribution is 2.16. The molecule has 4 heteroatoms. The van der Waals surface area contributed by atoms with Gasteiger partial charge in [-0.1, -0.05) is 6.42 Å². The fourth-order valence-electron chi connectivity index (χ4n) is 2.67. The number of rotatable bonds is 9. The molecular formula is C15H31N3O. The average molecular weight is 269 g/mol. The minimum absolute atomic E-state index is 0.196. The molecule has 0 aromatic rings. The number of unbranched alkanes of at least 4 members (excludes halogenated alkanes) is 1. The van der Waals surface area contributed by atoms with Gasteiger partial charge in [0.15, 0.2) is 0 Å². The molecule has 1 rings (SSSR count). The van der Waals surface area contributed by atoms with E-state index in [1.165, 1.54) is 38.8 Å². The zero-order valence-electron chi connectivity index (χ0n) is 12.7. The Kier molecular flexibility index (Phi) is 8.84. The van der Waals surface area contributed by atoms with E-state index in [0.717, 1.165) is 32.0 Å². The van der Waals surface area contributed by atoms with Gasteiger partial charge in [-0.2, -0.15) is 0 Å². The van der Waals surface area contributed by atoms with Crippen LogP contribution in [0.2, 0.25) is 0 Å². The molecule has 2 N–H and O–H groups in total. The molecule has 112 valence electrons. The summed E-state index contributed by atoms with van der Waals surface area (Å²) in [5.41, 5.74) is 0. The van der Waals surface area contributed by atoms with Crippen LogP contribution in [0.3, 0.4) is 0 Å². The molecule has 1 aliphatic heterocycles. The van der Waals surface area contributed by atoms with Gasteiger partial charge in [-0.25, -0.2) is 0 Å². The molecule has 0 saturated carbocycles. The van der Waals surface area contributed by atoms with Crippen LogP contribution >= 0.6 is 0 Å². The molecule has 0 aromatic carbocycles. The predicted octanol–water partition coefficient (Wildman–Crippen LogP) is 1.76. The third kappa shape index (κ3) is 7.53. The Labute approximate surface area is 118 Å². The van der Waals surface area contributed by atoms with Crippen molar-refractivity contribution in [3.05, 3.63) is 0 Å². The van der Waals surface area contributed by atoms with E-state index in [0.29, 0.717) is 6.42 Å². The van der Waals surface area contributed by atoms with E-state index in [2.05, 4.69) is 22.5 Å². The molecule has 1 saturated heterocycles. The molecule has 19 heavy (non-hydrogen) atoms. The summed E-state index contributed by atoms with van der Waals surface area (Å²) < 4.78 is 0. The lowest BCUT2D eigenvalue weighted by Gasteiger charge is -2.33. The van der Waals surface area contributed by atoms with Crippen molar-refractivity contribution in [2.45, 2.75) is 57.9 Å². The number of piperidine rings is 1. The van der Waals surface area contributed by atoms with E-state index >= 15 is 0 Å². The number of likely N-dealkylation sites (tertiary alicyclic amines) is 1. The molecule has 0 bridgehead atoms. The van der Waals surface area contributed by atoms with Crippen LogP contribution in [0.15, 0.2) is 0 Å². The van der Waals surface area contributed by atoms with Gasteiger partial charge in [0.05, 0.1) is 0 Å². The SMILES string of the molecule is CNCCCC(=O)NCCCCN1CCCCC1C. The first kappa shape index (κ1) is 16.4. The van der Waals surface area contributed by atoms with Gasteiger partial charge in [-0.3, -0.25) is 4.79 Å². The maximum atomic E-state index is 11.5. The van der Waals surface area contributed by atoms with Gasteiger partial charge in [-0.15, -0.1) is 0 Å². The molecule has 1 amide bonds. The van der Waals surface area contributed by atoms with Crippen molar-refractivity contribution < 1.29 is 4.79 Å². The number of amides is 1. The average Bonchev–Trinajstić information content (AvgIpc) is 2.41. The van der Waals surface area contributed by atoms with Crippen LogP contribution in [0.4, 0.5) is 0 Å². The molecule has 0 aliphatic carbocycles. The van der Waals surface area contributed by atoms with Crippen LogP contribution in [0, 0.1) is 0 Å². The summed E-state index contributed by atoms with van der Waals surface area (Å²) in [6.07, 6.45) is 7.95. The molecule has 0 aromatic heterocycles. The second-order valence-corrected chi connectivity index (χ2v) is 5.64. The standard InChI is InChI=1S/C15H31N3O/c1-14-8-3-5-12-18(14)13-6-4-11-17-15(19)9-7-10-16-2/h14,16H,3-13H2,1-2H3,(H,17,19). The molecule has 1 fully saturated rings. The number of carbonyl (C=O) groups is 1. The van der Waals surface area contributed by atoms with Gasteiger partial charge in [0.1, 0.15) is 0 Å². The Morgan fingerprint density at radius 1 is 1.21 bits per heavy atom. The van der Waals surface area contributed by atoms with Crippen molar-refractivity contribution in [2.75, 3.05) is 33.2 Å². The first-order valence-electron chi connectivity index (χ1n) is 7.89. The lowest BCUT2D eigenvalue weighted by molar-refractivity contribution is -0.121. The van der Waals surface area contributed by atoms with Crippen molar-refractivity contribution in [3.8, 4) is 0 Å². The van der Waals surface area contributed by atoms with E-state index in [4.69, 9.17) is 0 Å². The van der Waals surface area contributed by atoms with Crippen molar-refractivity contribution in [3.63, 3.8) is 0 Å². The smallest absolute Gasteiger partial charge is 0.220 e. The van der Waals surface area contributed by atoms with E-state index in [-0.39, 0.29) is 5.91 Å². The minimum Gasteiger partial charge on any atom is -0.356 e. The van der Waals surface area contributed by atoms with E-state index in [9.17, 15) is 4.79 Å². The van der Waals surface area contributed by atoms with Crippen LogP contribution in [0.1, 0.15) is 51.9 Å². The minimum atomic E-state index is 0.196. The fraction of sp³-hybridized carbons (Fsp3) is 0.933. The molecular weight excluding hydrogens is 238 g/mol. The highest BCUT2D eigenvalue weighted by molar-refractivity contribution is 5.75. The van der Waals surface area contributed by atoms with Crippen LogP contribution in [-0.2, 0) is 4.79 Å². The quantitative estimate of drug-likeness (QED) is 0.627. The first-order valence-corrected chi connectivity index (χ1v) is 7.89. The van der Waals surface area contributed by atoms with Crippen LogP contribution in [0.5, 0.6) is 0 Å². The van der Waals surface area contributed by atoms with Crippen molar-refractivity contribution in [2.24, 2.45) is 0 Å². The molecule has 0 spiro atoms. The summed E-state index contributed by atoms with van der Waals surface area (Å²) in [5.74, 6) is 0.196. The van der Waals surface area contributed by atoms with E-state index in [1.54, 1.807) is 0 Å². The number of nitrogens with one attached hydrogen (secondary N) is 2. The topological polar surface area (TPSA) is 44.4 Å². The lowest BCUT2D eigenvalue weighted by atomic mass is 10.0. The molecule has 1 atom stereocenters. The first-order chi connectivity index (χ1) is 9.24. The third-order valence-corrected chi connectivity index (χ3v) is 3.97. The van der Waals surface area contributed by atoms with Gasteiger partial charge < -0.3 is 15.5 Å². The third-order valence-electron chi connectivity index (χ3n) is 3.97. The van der Waals surface area contributed by atoms with Crippen LogP contribution < -0.4 is 10.6 Å². The van der Waals surface area contributed by atoms with Gasteiger partial charge in [-0.05, 0) is 65.7 Å². The summed E-state index contributed by atoms with van der Waals surface area (Å²) in [6.45, 7) is 6.54.